The SMILES string of the molecule is CC(C)c1cc2ccccc2c2c1C=CC(c1ccccc1)(c1ccc(OC(F)(F)F)cc1)O2. The van der Waals surface area contributed by atoms with Crippen molar-refractivity contribution in [2.24, 2.45) is 0 Å². The molecule has 5 rings (SSSR count). The molecule has 0 spiro atoms. The third-order valence-corrected chi connectivity index (χ3v) is 6.16. The average Bonchev–Trinajstić information content (AvgIpc) is 2.83. The molecule has 1 heterocycles. The fourth-order valence-corrected chi connectivity index (χ4v) is 4.57. The fourth-order valence-electron chi connectivity index (χ4n) is 4.57. The third-order valence-electron chi connectivity index (χ3n) is 6.16. The lowest BCUT2D eigenvalue weighted by Crippen LogP contribution is -2.34. The van der Waals surface area contributed by atoms with Gasteiger partial charge in [-0.1, -0.05) is 92.7 Å². The minimum Gasteiger partial charge on any atom is -0.472 e. The monoisotopic (exact) mass is 460 g/mol. The number of halogens is 3. The van der Waals surface area contributed by atoms with E-state index in [0.29, 0.717) is 5.56 Å². The number of hydrogen-bond acceptors (Lipinski definition) is 2. The van der Waals surface area contributed by atoms with Gasteiger partial charge in [0.2, 0.25) is 0 Å². The normalized spacial score (nSPS) is 17.5. The van der Waals surface area contributed by atoms with E-state index < -0.39 is 12.0 Å². The highest BCUT2D eigenvalue weighted by atomic mass is 19.4. The van der Waals surface area contributed by atoms with Crippen LogP contribution in [0.5, 0.6) is 11.5 Å². The number of rotatable bonds is 4. The summed E-state index contributed by atoms with van der Waals surface area (Å²) in [5, 5.41) is 2.07. The molecule has 0 radical (unpaired) electrons. The highest BCUT2D eigenvalue weighted by Crippen LogP contribution is 2.47. The average molecular weight is 460 g/mol. The van der Waals surface area contributed by atoms with Crippen molar-refractivity contribution in [3.63, 3.8) is 0 Å². The van der Waals surface area contributed by atoms with Gasteiger partial charge in [0.05, 0.1) is 0 Å². The number of hydrogen-bond donors (Lipinski definition) is 0. The summed E-state index contributed by atoms with van der Waals surface area (Å²) in [6.07, 6.45) is -0.677. The van der Waals surface area contributed by atoms with Gasteiger partial charge in [0.15, 0.2) is 5.60 Å². The second-order valence-electron chi connectivity index (χ2n) is 8.69. The van der Waals surface area contributed by atoms with Crippen LogP contribution in [0, 0.1) is 0 Å². The summed E-state index contributed by atoms with van der Waals surface area (Å²) in [6, 6.07) is 25.9. The Morgan fingerprint density at radius 3 is 2.15 bits per heavy atom. The highest BCUT2D eigenvalue weighted by Gasteiger charge is 2.39. The first-order valence-electron chi connectivity index (χ1n) is 11.1. The number of fused-ring (bicyclic) bond motifs is 3. The second-order valence-corrected chi connectivity index (χ2v) is 8.69. The standard InChI is InChI=1S/C29H23F3O2/c1-19(2)26-18-20-8-6-7-11-24(20)27-25(26)16-17-28(34-27,21-9-4-3-5-10-21)22-12-14-23(15-13-22)33-29(30,31)32/h3-19H,1-2H3. The van der Waals surface area contributed by atoms with E-state index in [4.69, 9.17) is 4.74 Å². The molecule has 172 valence electrons. The van der Waals surface area contributed by atoms with Gasteiger partial charge < -0.3 is 9.47 Å². The lowest BCUT2D eigenvalue weighted by molar-refractivity contribution is -0.274. The largest absolute Gasteiger partial charge is 0.573 e. The van der Waals surface area contributed by atoms with Crippen molar-refractivity contribution >= 4 is 16.8 Å². The molecule has 1 aliphatic heterocycles. The summed E-state index contributed by atoms with van der Waals surface area (Å²) < 4.78 is 49.1. The smallest absolute Gasteiger partial charge is 0.472 e. The molecule has 5 heteroatoms. The van der Waals surface area contributed by atoms with Gasteiger partial charge in [-0.05, 0) is 35.1 Å². The molecular formula is C29H23F3O2. The van der Waals surface area contributed by atoms with Crippen LogP contribution in [0.2, 0.25) is 0 Å². The van der Waals surface area contributed by atoms with E-state index in [-0.39, 0.29) is 11.7 Å². The lowest BCUT2D eigenvalue weighted by Gasteiger charge is -2.37. The van der Waals surface area contributed by atoms with Crippen LogP contribution in [-0.2, 0) is 5.60 Å². The molecule has 1 aliphatic rings. The van der Waals surface area contributed by atoms with Gasteiger partial charge in [-0.2, -0.15) is 0 Å². The Bertz CT molecular complexity index is 1360. The minimum atomic E-state index is -4.75. The first-order chi connectivity index (χ1) is 16.3. The molecule has 34 heavy (non-hydrogen) atoms. The molecule has 0 aliphatic carbocycles. The molecule has 0 saturated carbocycles. The van der Waals surface area contributed by atoms with Gasteiger partial charge in [0.1, 0.15) is 11.5 Å². The Hall–Kier alpha value is -3.73. The third kappa shape index (κ3) is 3.92. The van der Waals surface area contributed by atoms with Crippen LogP contribution >= 0.6 is 0 Å². The van der Waals surface area contributed by atoms with E-state index >= 15 is 0 Å². The van der Waals surface area contributed by atoms with Crippen LogP contribution in [0.3, 0.4) is 0 Å². The van der Waals surface area contributed by atoms with Gasteiger partial charge in [0, 0.05) is 22.1 Å². The predicted molar refractivity (Wildman–Crippen MR) is 128 cm³/mol. The molecule has 2 nitrogen and oxygen atoms in total. The van der Waals surface area contributed by atoms with E-state index in [1.54, 1.807) is 12.1 Å². The van der Waals surface area contributed by atoms with E-state index in [1.165, 1.54) is 17.7 Å². The molecule has 0 N–H and O–H groups in total. The van der Waals surface area contributed by atoms with Crippen molar-refractivity contribution < 1.29 is 22.6 Å². The molecule has 0 saturated heterocycles. The molecular weight excluding hydrogens is 437 g/mol. The van der Waals surface area contributed by atoms with Crippen LogP contribution in [-0.4, -0.2) is 6.36 Å². The van der Waals surface area contributed by atoms with Gasteiger partial charge in [-0.15, -0.1) is 13.2 Å². The molecule has 4 aromatic rings. The van der Waals surface area contributed by atoms with Crippen molar-refractivity contribution in [1.29, 1.82) is 0 Å². The topological polar surface area (TPSA) is 18.5 Å². The zero-order valence-electron chi connectivity index (χ0n) is 18.8. The summed E-state index contributed by atoms with van der Waals surface area (Å²) in [7, 11) is 0. The van der Waals surface area contributed by atoms with Crippen molar-refractivity contribution in [1.82, 2.24) is 0 Å². The maximum absolute atomic E-state index is 12.7. The van der Waals surface area contributed by atoms with Gasteiger partial charge >= 0.3 is 6.36 Å². The number of alkyl halides is 3. The molecule has 1 atom stereocenters. The Morgan fingerprint density at radius 2 is 1.47 bits per heavy atom. The van der Waals surface area contributed by atoms with Crippen molar-refractivity contribution in [3.8, 4) is 11.5 Å². The Labute approximate surface area is 196 Å². The molecule has 0 aromatic heterocycles. The predicted octanol–water partition coefficient (Wildman–Crippen LogP) is 8.21. The summed E-state index contributed by atoms with van der Waals surface area (Å²) in [5.74, 6) is 0.783. The highest BCUT2D eigenvalue weighted by molar-refractivity contribution is 5.94. The maximum atomic E-state index is 12.7. The van der Waals surface area contributed by atoms with Crippen LogP contribution in [0.4, 0.5) is 13.2 Å². The van der Waals surface area contributed by atoms with E-state index in [9.17, 15) is 13.2 Å². The maximum Gasteiger partial charge on any atom is 0.573 e. The molecule has 0 amide bonds. The van der Waals surface area contributed by atoms with Crippen LogP contribution in [0.1, 0.15) is 42.0 Å². The Balaban J connectivity index is 1.70. The van der Waals surface area contributed by atoms with Crippen LogP contribution in [0.15, 0.2) is 91.0 Å². The zero-order valence-corrected chi connectivity index (χ0v) is 18.8. The van der Waals surface area contributed by atoms with Gasteiger partial charge in [-0.3, -0.25) is 0 Å². The Morgan fingerprint density at radius 1 is 0.824 bits per heavy atom. The first-order valence-corrected chi connectivity index (χ1v) is 11.1. The summed E-state index contributed by atoms with van der Waals surface area (Å²) >= 11 is 0. The van der Waals surface area contributed by atoms with Crippen molar-refractivity contribution in [2.45, 2.75) is 31.7 Å². The van der Waals surface area contributed by atoms with E-state index in [2.05, 4.69) is 36.8 Å². The Kier molecular flexibility index (Phi) is 5.35. The summed E-state index contributed by atoms with van der Waals surface area (Å²) in [5.41, 5.74) is 2.77. The van der Waals surface area contributed by atoms with Crippen molar-refractivity contribution in [2.75, 3.05) is 0 Å². The molecule has 1 unspecified atom stereocenters. The zero-order chi connectivity index (χ0) is 23.9. The quantitative estimate of drug-likeness (QED) is 0.305. The van der Waals surface area contributed by atoms with Crippen molar-refractivity contribution in [3.05, 3.63) is 113 Å². The fraction of sp³-hybridized carbons (Fsp3) is 0.172. The molecule has 0 fully saturated rings. The summed E-state index contributed by atoms with van der Waals surface area (Å²) in [4.78, 5) is 0. The lowest BCUT2D eigenvalue weighted by atomic mass is 9.82. The van der Waals surface area contributed by atoms with Gasteiger partial charge in [0.25, 0.3) is 0 Å². The summed E-state index contributed by atoms with van der Waals surface area (Å²) in [6.45, 7) is 4.30. The second kappa shape index (κ2) is 8.24. The van der Waals surface area contributed by atoms with Crippen LogP contribution in [0.25, 0.3) is 16.8 Å². The van der Waals surface area contributed by atoms with E-state index in [0.717, 1.165) is 27.6 Å². The number of ether oxygens (including phenoxy) is 2. The molecule has 4 aromatic carbocycles. The first kappa shape index (κ1) is 22.1. The van der Waals surface area contributed by atoms with Crippen LogP contribution < -0.4 is 9.47 Å². The van der Waals surface area contributed by atoms with E-state index in [1.807, 2.05) is 54.6 Å². The molecule has 0 bridgehead atoms. The minimum absolute atomic E-state index is 0.271. The number of benzene rings is 4. The van der Waals surface area contributed by atoms with Gasteiger partial charge in [-0.25, -0.2) is 0 Å².